The molecule has 0 aromatic heterocycles. The van der Waals surface area contributed by atoms with E-state index >= 15 is 0 Å². The third-order valence-electron chi connectivity index (χ3n) is 6.19. The maximum absolute atomic E-state index is 13.6. The van der Waals surface area contributed by atoms with Crippen molar-refractivity contribution < 1.29 is 18.0 Å². The number of anilines is 1. The van der Waals surface area contributed by atoms with E-state index in [2.05, 4.69) is 5.32 Å². The van der Waals surface area contributed by atoms with Gasteiger partial charge in [-0.05, 0) is 67.5 Å². The van der Waals surface area contributed by atoms with Gasteiger partial charge >= 0.3 is 0 Å². The van der Waals surface area contributed by atoms with Gasteiger partial charge in [-0.2, -0.15) is 0 Å². The van der Waals surface area contributed by atoms with Crippen molar-refractivity contribution >= 4 is 50.7 Å². The second-order valence-corrected chi connectivity index (χ2v) is 12.8. The molecule has 0 aliphatic heterocycles. The van der Waals surface area contributed by atoms with Crippen LogP contribution < -0.4 is 9.62 Å². The number of amides is 2. The summed E-state index contributed by atoms with van der Waals surface area (Å²) in [6.45, 7) is 10.5. The smallest absolute Gasteiger partial charge is 0.242 e. The predicted octanol–water partition coefficient (Wildman–Crippen LogP) is 5.74. The Bertz CT molecular complexity index is 1230. The average Bonchev–Trinajstić information content (AvgIpc) is 2.83. The van der Waals surface area contributed by atoms with E-state index in [4.69, 9.17) is 23.2 Å². The molecule has 38 heavy (non-hydrogen) atoms. The van der Waals surface area contributed by atoms with Gasteiger partial charge in [0.15, 0.2) is 0 Å². The van der Waals surface area contributed by atoms with Crippen LogP contribution in [0, 0.1) is 19.8 Å². The molecule has 2 aromatic rings. The van der Waals surface area contributed by atoms with Crippen molar-refractivity contribution in [1.82, 2.24) is 10.2 Å². The van der Waals surface area contributed by atoms with E-state index in [1.165, 1.54) is 10.6 Å². The third-order valence-corrected chi connectivity index (χ3v) is 8.11. The fourth-order valence-corrected chi connectivity index (χ4v) is 5.48. The van der Waals surface area contributed by atoms with Gasteiger partial charge < -0.3 is 10.2 Å². The Morgan fingerprint density at radius 1 is 1.03 bits per heavy atom. The molecule has 1 atom stereocenters. The first-order valence-electron chi connectivity index (χ1n) is 12.8. The highest BCUT2D eigenvalue weighted by atomic mass is 35.5. The maximum atomic E-state index is 13.6. The van der Waals surface area contributed by atoms with Crippen LogP contribution in [-0.2, 0) is 26.2 Å². The van der Waals surface area contributed by atoms with Crippen molar-refractivity contribution in [3.05, 3.63) is 63.1 Å². The molecule has 10 heteroatoms. The molecular formula is C28H39Cl2N3O4S. The van der Waals surface area contributed by atoms with Crippen LogP contribution in [0.15, 0.2) is 36.4 Å². The second-order valence-electron chi connectivity index (χ2n) is 10.1. The molecule has 1 N–H and O–H groups in total. The van der Waals surface area contributed by atoms with E-state index in [9.17, 15) is 18.0 Å². The first-order valence-corrected chi connectivity index (χ1v) is 15.4. The quantitative estimate of drug-likeness (QED) is 0.326. The van der Waals surface area contributed by atoms with Crippen molar-refractivity contribution in [1.29, 1.82) is 0 Å². The van der Waals surface area contributed by atoms with Crippen LogP contribution in [0.25, 0.3) is 0 Å². The molecule has 0 aliphatic rings. The van der Waals surface area contributed by atoms with Crippen LogP contribution in [0.4, 0.5) is 5.69 Å². The van der Waals surface area contributed by atoms with Crippen LogP contribution in [0.2, 0.25) is 10.0 Å². The van der Waals surface area contributed by atoms with Gasteiger partial charge in [-0.3, -0.25) is 13.9 Å². The normalized spacial score (nSPS) is 12.3. The Kier molecular flexibility index (Phi) is 11.9. The molecule has 0 radical (unpaired) electrons. The third kappa shape index (κ3) is 9.17. The minimum Gasteiger partial charge on any atom is -0.354 e. The highest BCUT2D eigenvalue weighted by Gasteiger charge is 2.29. The van der Waals surface area contributed by atoms with Gasteiger partial charge in [0.1, 0.15) is 6.04 Å². The highest BCUT2D eigenvalue weighted by Crippen LogP contribution is 2.26. The van der Waals surface area contributed by atoms with Gasteiger partial charge in [-0.1, -0.05) is 62.2 Å². The predicted molar refractivity (Wildman–Crippen MR) is 156 cm³/mol. The number of carbonyl (C=O) groups excluding carboxylic acids is 2. The topological polar surface area (TPSA) is 86.8 Å². The number of hydrogen-bond acceptors (Lipinski definition) is 4. The first kappa shape index (κ1) is 31.9. The zero-order valence-corrected chi connectivity index (χ0v) is 25.4. The summed E-state index contributed by atoms with van der Waals surface area (Å²) in [7, 11) is -3.57. The Balaban J connectivity index is 2.27. The first-order chi connectivity index (χ1) is 17.7. The number of sulfonamides is 1. The van der Waals surface area contributed by atoms with Crippen molar-refractivity contribution in [2.24, 2.45) is 5.92 Å². The monoisotopic (exact) mass is 583 g/mol. The lowest BCUT2D eigenvalue weighted by Gasteiger charge is -2.31. The molecule has 2 rings (SSSR count). The molecule has 2 aromatic carbocycles. The number of benzene rings is 2. The zero-order chi connectivity index (χ0) is 28.6. The van der Waals surface area contributed by atoms with Gasteiger partial charge in [-0.25, -0.2) is 8.42 Å². The minimum atomic E-state index is -3.57. The van der Waals surface area contributed by atoms with E-state index in [1.54, 1.807) is 23.1 Å². The number of rotatable bonds is 13. The lowest BCUT2D eigenvalue weighted by Crippen LogP contribution is -2.49. The summed E-state index contributed by atoms with van der Waals surface area (Å²) >= 11 is 12.3. The Morgan fingerprint density at radius 3 is 2.29 bits per heavy atom. The van der Waals surface area contributed by atoms with E-state index in [1.807, 2.05) is 52.8 Å². The molecule has 0 fully saturated rings. The van der Waals surface area contributed by atoms with Gasteiger partial charge in [0.25, 0.3) is 0 Å². The molecular weight excluding hydrogens is 545 g/mol. The van der Waals surface area contributed by atoms with Crippen LogP contribution in [0.3, 0.4) is 0 Å². The van der Waals surface area contributed by atoms with Crippen LogP contribution >= 0.6 is 23.2 Å². The summed E-state index contributed by atoms with van der Waals surface area (Å²) in [6.07, 6.45) is 1.96. The lowest BCUT2D eigenvalue weighted by molar-refractivity contribution is -0.141. The van der Waals surface area contributed by atoms with Crippen LogP contribution in [0.5, 0.6) is 0 Å². The van der Waals surface area contributed by atoms with E-state index < -0.39 is 16.1 Å². The Morgan fingerprint density at radius 2 is 1.71 bits per heavy atom. The van der Waals surface area contributed by atoms with Gasteiger partial charge in [0.05, 0.1) is 22.0 Å². The lowest BCUT2D eigenvalue weighted by atomic mass is 10.1. The van der Waals surface area contributed by atoms with E-state index in [0.29, 0.717) is 35.1 Å². The van der Waals surface area contributed by atoms with Gasteiger partial charge in [0, 0.05) is 26.1 Å². The number of hydrogen-bond donors (Lipinski definition) is 1. The van der Waals surface area contributed by atoms with Gasteiger partial charge in [0.2, 0.25) is 21.8 Å². The fourth-order valence-electron chi connectivity index (χ4n) is 4.15. The van der Waals surface area contributed by atoms with Crippen LogP contribution in [0.1, 0.15) is 56.7 Å². The summed E-state index contributed by atoms with van der Waals surface area (Å²) in [5.74, 6) is -0.192. The number of aryl methyl sites for hydroxylation is 2. The molecule has 0 heterocycles. The van der Waals surface area contributed by atoms with Crippen molar-refractivity contribution in [2.75, 3.05) is 23.7 Å². The molecule has 7 nitrogen and oxygen atoms in total. The number of carbonyl (C=O) groups is 2. The zero-order valence-electron chi connectivity index (χ0n) is 23.1. The average molecular weight is 585 g/mol. The number of nitrogens with one attached hydrogen (secondary N) is 1. The molecule has 0 spiro atoms. The summed E-state index contributed by atoms with van der Waals surface area (Å²) in [5, 5.41) is 3.71. The minimum absolute atomic E-state index is 0.0756. The molecule has 2 amide bonds. The van der Waals surface area contributed by atoms with E-state index in [-0.39, 0.29) is 37.2 Å². The van der Waals surface area contributed by atoms with Crippen LogP contribution in [-0.4, -0.2) is 50.5 Å². The van der Waals surface area contributed by atoms with Crippen molar-refractivity contribution in [2.45, 2.75) is 66.5 Å². The summed E-state index contributed by atoms with van der Waals surface area (Å²) in [5.41, 5.74) is 3.13. The number of halogens is 2. The standard InChI is InChI=1S/C28H39Cl2N3O4S/c1-7-25(28(35)31-17-19(2)3)32(18-22-12-13-23(29)24(30)16-22)27(34)9-8-14-33(38(6,36)37)26-15-20(4)10-11-21(26)5/h10-13,15-16,19,25H,7-9,14,17-18H2,1-6H3,(H,31,35)/t25-/m1/s1. The molecule has 0 bridgehead atoms. The van der Waals surface area contributed by atoms with Crippen molar-refractivity contribution in [3.63, 3.8) is 0 Å². The molecule has 210 valence electrons. The summed E-state index contributed by atoms with van der Waals surface area (Å²) in [6, 6.07) is 10.1. The van der Waals surface area contributed by atoms with Gasteiger partial charge in [-0.15, -0.1) is 0 Å². The molecule has 0 unspecified atom stereocenters. The highest BCUT2D eigenvalue weighted by molar-refractivity contribution is 7.92. The van der Waals surface area contributed by atoms with E-state index in [0.717, 1.165) is 16.7 Å². The Labute approximate surface area is 237 Å². The molecule has 0 saturated carbocycles. The molecule has 0 saturated heterocycles. The fraction of sp³-hybridized carbons (Fsp3) is 0.500. The SMILES string of the molecule is CC[C@H](C(=O)NCC(C)C)N(Cc1ccc(Cl)c(Cl)c1)C(=O)CCCN(c1cc(C)ccc1C)S(C)(=O)=O. The summed E-state index contributed by atoms with van der Waals surface area (Å²) < 4.78 is 26.6. The van der Waals surface area contributed by atoms with Crippen molar-refractivity contribution in [3.8, 4) is 0 Å². The maximum Gasteiger partial charge on any atom is 0.242 e. The summed E-state index contributed by atoms with van der Waals surface area (Å²) in [4.78, 5) is 28.2. The molecule has 0 aliphatic carbocycles. The Hall–Kier alpha value is -2.29. The number of nitrogens with zero attached hydrogens (tertiary/aromatic N) is 2. The second kappa shape index (κ2) is 14.2. The largest absolute Gasteiger partial charge is 0.354 e.